The van der Waals surface area contributed by atoms with Crippen LogP contribution < -0.4 is 5.32 Å². The van der Waals surface area contributed by atoms with Crippen LogP contribution in [0.1, 0.15) is 50.9 Å². The lowest BCUT2D eigenvalue weighted by atomic mass is 10.2. The van der Waals surface area contributed by atoms with Gasteiger partial charge in [-0.15, -0.1) is 10.2 Å². The standard InChI is InChI=1S/C16H24N6O3/c1-4-7-22-13(5-6-17-22)18-16(23)21-8-9-24-10-12(21)15-20-19-14(25-15)11(2)3/h5-6,11-12H,4,7-10H2,1-3H3,(H,18,23)/t12-/m1/s1. The van der Waals surface area contributed by atoms with Gasteiger partial charge in [-0.05, 0) is 6.42 Å². The van der Waals surface area contributed by atoms with E-state index < -0.39 is 6.04 Å². The molecule has 1 aliphatic rings. The topological polar surface area (TPSA) is 98.3 Å². The molecule has 2 aromatic rings. The first-order valence-corrected chi connectivity index (χ1v) is 8.60. The molecule has 25 heavy (non-hydrogen) atoms. The lowest BCUT2D eigenvalue weighted by Crippen LogP contribution is -2.45. The van der Waals surface area contributed by atoms with Gasteiger partial charge in [0.2, 0.25) is 11.8 Å². The number of hydrogen-bond donors (Lipinski definition) is 1. The third kappa shape index (κ3) is 3.81. The summed E-state index contributed by atoms with van der Waals surface area (Å²) < 4.78 is 13.0. The van der Waals surface area contributed by atoms with Crippen molar-refractivity contribution in [1.29, 1.82) is 0 Å². The summed E-state index contributed by atoms with van der Waals surface area (Å²) in [7, 11) is 0. The summed E-state index contributed by atoms with van der Waals surface area (Å²) in [6.07, 6.45) is 2.61. The van der Waals surface area contributed by atoms with Crippen molar-refractivity contribution in [3.8, 4) is 0 Å². The van der Waals surface area contributed by atoms with E-state index in [4.69, 9.17) is 9.15 Å². The van der Waals surface area contributed by atoms with E-state index in [0.717, 1.165) is 13.0 Å². The molecule has 0 spiro atoms. The van der Waals surface area contributed by atoms with Gasteiger partial charge in [-0.1, -0.05) is 20.8 Å². The fourth-order valence-corrected chi connectivity index (χ4v) is 2.68. The van der Waals surface area contributed by atoms with E-state index in [1.807, 2.05) is 13.8 Å². The van der Waals surface area contributed by atoms with Crippen molar-refractivity contribution < 1.29 is 13.9 Å². The van der Waals surface area contributed by atoms with E-state index in [-0.39, 0.29) is 11.9 Å². The van der Waals surface area contributed by atoms with Gasteiger partial charge in [-0.2, -0.15) is 5.10 Å². The minimum Gasteiger partial charge on any atom is -0.423 e. The van der Waals surface area contributed by atoms with Crippen molar-refractivity contribution in [2.75, 3.05) is 25.1 Å². The Morgan fingerprint density at radius 1 is 1.44 bits per heavy atom. The number of hydrogen-bond acceptors (Lipinski definition) is 6. The second-order valence-electron chi connectivity index (χ2n) is 6.29. The van der Waals surface area contributed by atoms with E-state index in [9.17, 15) is 4.79 Å². The van der Waals surface area contributed by atoms with Gasteiger partial charge in [0.25, 0.3) is 0 Å². The lowest BCUT2D eigenvalue weighted by Gasteiger charge is -2.33. The number of aryl methyl sites for hydroxylation is 1. The highest BCUT2D eigenvalue weighted by Gasteiger charge is 2.33. The van der Waals surface area contributed by atoms with Crippen LogP contribution in [0.3, 0.4) is 0 Å². The Bertz CT molecular complexity index is 710. The smallest absolute Gasteiger partial charge is 0.323 e. The zero-order valence-corrected chi connectivity index (χ0v) is 14.8. The van der Waals surface area contributed by atoms with Crippen LogP contribution in [0.2, 0.25) is 0 Å². The largest absolute Gasteiger partial charge is 0.423 e. The summed E-state index contributed by atoms with van der Waals surface area (Å²) in [5.41, 5.74) is 0. The second-order valence-corrected chi connectivity index (χ2v) is 6.29. The number of carbonyl (C=O) groups excluding carboxylic acids is 1. The summed E-state index contributed by atoms with van der Waals surface area (Å²) in [5.74, 6) is 1.77. The first kappa shape index (κ1) is 17.4. The molecule has 1 aliphatic heterocycles. The van der Waals surface area contributed by atoms with Crippen molar-refractivity contribution in [2.45, 2.75) is 45.7 Å². The predicted octanol–water partition coefficient (Wildman–Crippen LogP) is 2.40. The van der Waals surface area contributed by atoms with Gasteiger partial charge in [-0.3, -0.25) is 5.32 Å². The summed E-state index contributed by atoms with van der Waals surface area (Å²) in [4.78, 5) is 14.4. The van der Waals surface area contributed by atoms with Crippen LogP contribution in [0.5, 0.6) is 0 Å². The van der Waals surface area contributed by atoms with E-state index in [1.165, 1.54) is 0 Å². The summed E-state index contributed by atoms with van der Waals surface area (Å²) in [6.45, 7) is 8.04. The number of anilines is 1. The number of aromatic nitrogens is 4. The zero-order valence-electron chi connectivity index (χ0n) is 14.8. The van der Waals surface area contributed by atoms with Gasteiger partial charge in [0.05, 0.1) is 19.4 Å². The SMILES string of the molecule is CCCn1nccc1NC(=O)N1CCOC[C@@H]1c1nnc(C(C)C)o1. The van der Waals surface area contributed by atoms with E-state index in [0.29, 0.717) is 37.4 Å². The summed E-state index contributed by atoms with van der Waals surface area (Å²) >= 11 is 0. The molecule has 1 saturated heterocycles. The van der Waals surface area contributed by atoms with E-state index in [1.54, 1.807) is 21.8 Å². The summed E-state index contributed by atoms with van der Waals surface area (Å²) in [5, 5.41) is 15.3. The number of nitrogens with zero attached hydrogens (tertiary/aromatic N) is 5. The van der Waals surface area contributed by atoms with Crippen LogP contribution >= 0.6 is 0 Å². The monoisotopic (exact) mass is 348 g/mol. The number of carbonyl (C=O) groups is 1. The fourth-order valence-electron chi connectivity index (χ4n) is 2.68. The van der Waals surface area contributed by atoms with Gasteiger partial charge in [0, 0.05) is 25.1 Å². The number of ether oxygens (including phenoxy) is 1. The van der Waals surface area contributed by atoms with Crippen molar-refractivity contribution in [1.82, 2.24) is 24.9 Å². The van der Waals surface area contributed by atoms with Crippen LogP contribution in [0, 0.1) is 0 Å². The average molecular weight is 348 g/mol. The Morgan fingerprint density at radius 3 is 3.00 bits per heavy atom. The quantitative estimate of drug-likeness (QED) is 0.891. The highest BCUT2D eigenvalue weighted by atomic mass is 16.5. The molecular weight excluding hydrogens is 324 g/mol. The third-order valence-electron chi connectivity index (χ3n) is 4.01. The molecule has 1 N–H and O–H groups in total. The highest BCUT2D eigenvalue weighted by molar-refractivity contribution is 5.88. The molecule has 9 nitrogen and oxygen atoms in total. The van der Waals surface area contributed by atoms with Crippen LogP contribution in [-0.4, -0.2) is 50.7 Å². The molecule has 9 heteroatoms. The minimum atomic E-state index is -0.392. The Morgan fingerprint density at radius 2 is 2.28 bits per heavy atom. The Kier molecular flexibility index (Phi) is 5.32. The molecule has 3 rings (SSSR count). The molecule has 0 aromatic carbocycles. The first-order chi connectivity index (χ1) is 12.1. The molecule has 136 valence electrons. The lowest BCUT2D eigenvalue weighted by molar-refractivity contribution is 0.00490. The van der Waals surface area contributed by atoms with Crippen molar-refractivity contribution in [3.63, 3.8) is 0 Å². The fraction of sp³-hybridized carbons (Fsp3) is 0.625. The van der Waals surface area contributed by atoms with Crippen molar-refractivity contribution >= 4 is 11.8 Å². The van der Waals surface area contributed by atoms with Gasteiger partial charge in [0.1, 0.15) is 11.9 Å². The molecular formula is C16H24N6O3. The molecule has 1 fully saturated rings. The molecule has 1 atom stereocenters. The number of morpholine rings is 1. The van der Waals surface area contributed by atoms with Crippen LogP contribution in [0.25, 0.3) is 0 Å². The summed E-state index contributed by atoms with van der Waals surface area (Å²) in [6, 6.07) is 1.17. The number of nitrogens with one attached hydrogen (secondary N) is 1. The molecule has 0 radical (unpaired) electrons. The minimum absolute atomic E-state index is 0.136. The van der Waals surface area contributed by atoms with Gasteiger partial charge < -0.3 is 14.1 Å². The maximum absolute atomic E-state index is 12.8. The maximum atomic E-state index is 12.8. The molecule has 2 aromatic heterocycles. The highest BCUT2D eigenvalue weighted by Crippen LogP contribution is 2.25. The zero-order chi connectivity index (χ0) is 17.8. The number of rotatable bonds is 5. The Balaban J connectivity index is 1.75. The van der Waals surface area contributed by atoms with Crippen LogP contribution in [-0.2, 0) is 11.3 Å². The normalized spacial score (nSPS) is 17.9. The van der Waals surface area contributed by atoms with Crippen molar-refractivity contribution in [2.24, 2.45) is 0 Å². The predicted molar refractivity (Wildman–Crippen MR) is 90.2 cm³/mol. The molecule has 0 aliphatic carbocycles. The van der Waals surface area contributed by atoms with Gasteiger partial charge in [0.15, 0.2) is 0 Å². The number of amides is 2. The Labute approximate surface area is 146 Å². The van der Waals surface area contributed by atoms with Crippen LogP contribution in [0.4, 0.5) is 10.6 Å². The molecule has 0 unspecified atom stereocenters. The third-order valence-corrected chi connectivity index (χ3v) is 4.01. The van der Waals surface area contributed by atoms with Crippen LogP contribution in [0.15, 0.2) is 16.7 Å². The molecule has 2 amide bonds. The van der Waals surface area contributed by atoms with Gasteiger partial charge in [-0.25, -0.2) is 9.48 Å². The Hall–Kier alpha value is -2.42. The second kappa shape index (κ2) is 7.64. The van der Waals surface area contributed by atoms with Crippen molar-refractivity contribution in [3.05, 3.63) is 24.0 Å². The maximum Gasteiger partial charge on any atom is 0.323 e. The molecule has 0 bridgehead atoms. The average Bonchev–Trinajstić information content (AvgIpc) is 3.25. The first-order valence-electron chi connectivity index (χ1n) is 8.60. The number of urea groups is 1. The van der Waals surface area contributed by atoms with E-state index >= 15 is 0 Å². The van der Waals surface area contributed by atoms with E-state index in [2.05, 4.69) is 27.5 Å². The molecule has 0 saturated carbocycles. The van der Waals surface area contributed by atoms with Gasteiger partial charge >= 0.3 is 6.03 Å². The molecule has 3 heterocycles.